The van der Waals surface area contributed by atoms with E-state index in [4.69, 9.17) is 9.47 Å². The van der Waals surface area contributed by atoms with Crippen molar-refractivity contribution >= 4 is 17.9 Å². The van der Waals surface area contributed by atoms with Gasteiger partial charge in [0.25, 0.3) is 0 Å². The maximum absolute atomic E-state index is 12.0. The lowest BCUT2D eigenvalue weighted by Gasteiger charge is -2.43. The van der Waals surface area contributed by atoms with Crippen LogP contribution in [0.25, 0.3) is 0 Å². The van der Waals surface area contributed by atoms with Crippen LogP contribution in [0.1, 0.15) is 31.2 Å². The van der Waals surface area contributed by atoms with Crippen molar-refractivity contribution < 1.29 is 29.0 Å². The van der Waals surface area contributed by atoms with Gasteiger partial charge in [-0.1, -0.05) is 30.3 Å². The van der Waals surface area contributed by atoms with Crippen LogP contribution in [0.5, 0.6) is 0 Å². The molecular formula is C26H38N4O6. The molecule has 4 aliphatic rings. The lowest BCUT2D eigenvalue weighted by molar-refractivity contribution is -0.147. The Hall–Kier alpha value is -2.69. The molecule has 4 heterocycles. The van der Waals surface area contributed by atoms with Crippen LogP contribution in [-0.2, 0) is 25.5 Å². The van der Waals surface area contributed by atoms with Crippen molar-refractivity contribution in [3.05, 3.63) is 35.9 Å². The number of hydrogen-bond donors (Lipinski definition) is 2. The van der Waals surface area contributed by atoms with Crippen molar-refractivity contribution in [2.24, 2.45) is 0 Å². The number of nitrogens with one attached hydrogen (secondary N) is 1. The molecule has 2 unspecified atom stereocenters. The normalized spacial score (nSPS) is 25.8. The van der Waals surface area contributed by atoms with Gasteiger partial charge in [-0.05, 0) is 50.8 Å². The summed E-state index contributed by atoms with van der Waals surface area (Å²) in [5.41, 5.74) is 1.12. The molecule has 10 heteroatoms. The second-order valence-electron chi connectivity index (χ2n) is 9.76. The molecule has 0 spiro atoms. The predicted octanol–water partition coefficient (Wildman–Crippen LogP) is 1.20. The average molecular weight is 503 g/mol. The van der Waals surface area contributed by atoms with E-state index in [1.807, 2.05) is 40.1 Å². The van der Waals surface area contributed by atoms with Crippen LogP contribution in [-0.4, -0.2) is 115 Å². The predicted molar refractivity (Wildman–Crippen MR) is 133 cm³/mol. The largest absolute Gasteiger partial charge is 0.465 e. The van der Waals surface area contributed by atoms with Crippen LogP contribution >= 0.6 is 0 Å². The Labute approximate surface area is 212 Å². The smallest absolute Gasteiger partial charge is 0.407 e. The highest BCUT2D eigenvalue weighted by molar-refractivity contribution is 5.78. The highest BCUT2D eigenvalue weighted by atomic mass is 16.5. The zero-order valence-electron chi connectivity index (χ0n) is 20.8. The summed E-state index contributed by atoms with van der Waals surface area (Å²) in [6, 6.07) is 10.4. The molecule has 0 aromatic heterocycles. The van der Waals surface area contributed by atoms with Gasteiger partial charge in [-0.3, -0.25) is 9.59 Å². The topological polar surface area (TPSA) is 112 Å². The second kappa shape index (κ2) is 13.0. The molecule has 1 aromatic rings. The first-order valence-electron chi connectivity index (χ1n) is 13.0. The van der Waals surface area contributed by atoms with Gasteiger partial charge in [0.05, 0.1) is 13.2 Å². The lowest BCUT2D eigenvalue weighted by Crippen LogP contribution is -2.56. The van der Waals surface area contributed by atoms with Gasteiger partial charge in [0.1, 0.15) is 13.2 Å². The number of morpholine rings is 2. The van der Waals surface area contributed by atoms with Crippen LogP contribution < -0.4 is 5.32 Å². The Kier molecular flexibility index (Phi) is 9.54. The number of carboxylic acid groups (broad SMARTS) is 1. The molecule has 5 rings (SSSR count). The van der Waals surface area contributed by atoms with E-state index in [9.17, 15) is 19.5 Å². The van der Waals surface area contributed by atoms with E-state index in [0.29, 0.717) is 51.6 Å². The van der Waals surface area contributed by atoms with E-state index in [-0.39, 0.29) is 37.1 Å². The molecule has 4 fully saturated rings. The van der Waals surface area contributed by atoms with Crippen molar-refractivity contribution in [1.82, 2.24) is 20.0 Å². The summed E-state index contributed by atoms with van der Waals surface area (Å²) in [6.45, 7) is 5.63. The molecule has 0 radical (unpaired) electrons. The highest BCUT2D eigenvalue weighted by Gasteiger charge is 2.36. The summed E-state index contributed by atoms with van der Waals surface area (Å²) >= 11 is 0. The Morgan fingerprint density at radius 3 is 2.08 bits per heavy atom. The number of carbonyl (C=O) groups is 3. The minimum absolute atomic E-state index is 0.0171. The molecule has 3 amide bonds. The number of carbonyl (C=O) groups excluding carboxylic acids is 2. The highest BCUT2D eigenvalue weighted by Crippen LogP contribution is 2.26. The first kappa shape index (κ1) is 26.4. The summed E-state index contributed by atoms with van der Waals surface area (Å²) in [5, 5.41) is 12.8. The third-order valence-electron chi connectivity index (χ3n) is 7.48. The maximum Gasteiger partial charge on any atom is 0.407 e. The van der Waals surface area contributed by atoms with Gasteiger partial charge in [0.2, 0.25) is 11.8 Å². The third kappa shape index (κ3) is 6.96. The fraction of sp³-hybridized carbons (Fsp3) is 0.654. The Balaban J connectivity index is 0.000000197. The van der Waals surface area contributed by atoms with Gasteiger partial charge in [-0.25, -0.2) is 4.79 Å². The van der Waals surface area contributed by atoms with E-state index in [1.54, 1.807) is 0 Å². The number of amides is 3. The number of benzene rings is 1. The minimum atomic E-state index is -0.877. The Morgan fingerprint density at radius 1 is 0.889 bits per heavy atom. The van der Waals surface area contributed by atoms with Crippen molar-refractivity contribution in [3.63, 3.8) is 0 Å². The summed E-state index contributed by atoms with van der Waals surface area (Å²) in [4.78, 5) is 40.4. The van der Waals surface area contributed by atoms with Crippen LogP contribution in [0.3, 0.4) is 0 Å². The number of ether oxygens (including phenoxy) is 2. The number of likely N-dealkylation sites (tertiary alicyclic amines) is 1. The number of nitrogens with zero attached hydrogens (tertiary/aromatic N) is 3. The molecule has 4 saturated heterocycles. The molecule has 0 bridgehead atoms. The molecule has 1 aromatic carbocycles. The van der Waals surface area contributed by atoms with Crippen LogP contribution in [0.15, 0.2) is 30.3 Å². The maximum atomic E-state index is 12.0. The minimum Gasteiger partial charge on any atom is -0.465 e. The van der Waals surface area contributed by atoms with E-state index < -0.39 is 6.09 Å². The van der Waals surface area contributed by atoms with Gasteiger partial charge in [0, 0.05) is 37.8 Å². The first-order chi connectivity index (χ1) is 17.5. The fourth-order valence-electron chi connectivity index (χ4n) is 5.60. The monoisotopic (exact) mass is 502 g/mol. The van der Waals surface area contributed by atoms with Crippen molar-refractivity contribution in [2.75, 3.05) is 59.2 Å². The zero-order valence-corrected chi connectivity index (χ0v) is 20.8. The van der Waals surface area contributed by atoms with Crippen molar-refractivity contribution in [2.45, 2.75) is 50.2 Å². The zero-order chi connectivity index (χ0) is 25.3. The summed E-state index contributed by atoms with van der Waals surface area (Å²) in [7, 11) is 0. The van der Waals surface area contributed by atoms with Gasteiger partial charge < -0.3 is 34.6 Å². The summed E-state index contributed by atoms with van der Waals surface area (Å²) in [6.07, 6.45) is 3.37. The number of hydrogen-bond acceptors (Lipinski definition) is 6. The summed E-state index contributed by atoms with van der Waals surface area (Å²) in [5.74, 6) is 0.182. The molecule has 2 N–H and O–H groups in total. The van der Waals surface area contributed by atoms with Crippen LogP contribution in [0.2, 0.25) is 0 Å². The molecule has 4 aliphatic heterocycles. The summed E-state index contributed by atoms with van der Waals surface area (Å²) < 4.78 is 10.3. The Morgan fingerprint density at radius 2 is 1.50 bits per heavy atom. The van der Waals surface area contributed by atoms with E-state index >= 15 is 0 Å². The average Bonchev–Trinajstić information content (AvgIpc) is 2.90. The van der Waals surface area contributed by atoms with Gasteiger partial charge in [0.15, 0.2) is 0 Å². The lowest BCUT2D eigenvalue weighted by atomic mass is 9.91. The quantitative estimate of drug-likeness (QED) is 0.636. The van der Waals surface area contributed by atoms with Gasteiger partial charge in [-0.15, -0.1) is 0 Å². The van der Waals surface area contributed by atoms with Gasteiger partial charge >= 0.3 is 6.09 Å². The SMILES string of the molecule is O=C(O)N1CCC(N2CCOCC2=O)CC1Cc1ccccc1.O=C1COCCN1C1CCNCC1. The molecule has 198 valence electrons. The van der Waals surface area contributed by atoms with E-state index in [1.165, 1.54) is 4.90 Å². The number of piperidine rings is 2. The van der Waals surface area contributed by atoms with Crippen LogP contribution in [0, 0.1) is 0 Å². The standard InChI is InChI=1S/C17H22N2O4.C9H16N2O2/c20-16-12-23-9-8-18(16)14-6-7-19(17(21)22)15(11-14)10-13-4-2-1-3-5-13;12-9-7-13-6-5-11(9)8-1-3-10-4-2-8/h1-5,14-15H,6-12H2,(H,21,22);8,10H,1-7H2. The van der Waals surface area contributed by atoms with Crippen molar-refractivity contribution in [3.8, 4) is 0 Å². The molecular weight excluding hydrogens is 464 g/mol. The second-order valence-corrected chi connectivity index (χ2v) is 9.76. The first-order valence-corrected chi connectivity index (χ1v) is 13.0. The number of rotatable bonds is 4. The molecule has 2 atom stereocenters. The van der Waals surface area contributed by atoms with Crippen molar-refractivity contribution in [1.29, 1.82) is 0 Å². The van der Waals surface area contributed by atoms with E-state index in [0.717, 1.165) is 38.0 Å². The molecule has 0 aliphatic carbocycles. The van der Waals surface area contributed by atoms with E-state index in [2.05, 4.69) is 5.32 Å². The van der Waals surface area contributed by atoms with Gasteiger partial charge in [-0.2, -0.15) is 0 Å². The fourth-order valence-corrected chi connectivity index (χ4v) is 5.60. The third-order valence-corrected chi connectivity index (χ3v) is 7.48. The molecule has 0 saturated carbocycles. The molecule has 36 heavy (non-hydrogen) atoms. The van der Waals surface area contributed by atoms with Crippen LogP contribution in [0.4, 0.5) is 4.79 Å². The molecule has 10 nitrogen and oxygen atoms in total. The Bertz CT molecular complexity index is 878.